The van der Waals surface area contributed by atoms with E-state index in [-0.39, 0.29) is 17.7 Å². The van der Waals surface area contributed by atoms with E-state index in [2.05, 4.69) is 23.7 Å². The smallest absolute Gasteiger partial charge is 0.159 e. The first kappa shape index (κ1) is 23.9. The van der Waals surface area contributed by atoms with E-state index in [9.17, 15) is 26.3 Å². The highest BCUT2D eigenvalue weighted by Crippen LogP contribution is 2.21. The summed E-state index contributed by atoms with van der Waals surface area (Å²) in [5.41, 5.74) is -0.622. The summed E-state index contributed by atoms with van der Waals surface area (Å²) in [5, 5.41) is 0.813. The predicted octanol–water partition coefficient (Wildman–Crippen LogP) is 6.62. The molecule has 1 nitrogen and oxygen atoms in total. The first-order valence-electron chi connectivity index (χ1n) is 10.1. The zero-order chi connectivity index (χ0) is 25.1. The summed E-state index contributed by atoms with van der Waals surface area (Å²) in [6.45, 7) is 0.00904. The minimum absolute atomic E-state index is 0.00904. The fourth-order valence-electron chi connectivity index (χ4n) is 3.35. The average molecular weight is 480 g/mol. The molecule has 0 bridgehead atoms. The van der Waals surface area contributed by atoms with Crippen LogP contribution in [0.4, 0.5) is 26.3 Å². The fraction of sp³-hybridized carbons (Fsp3) is 0.0714. The molecule has 0 heterocycles. The lowest BCUT2D eigenvalue weighted by atomic mass is 10.1. The Morgan fingerprint density at radius 2 is 1.06 bits per heavy atom. The molecule has 7 heteroatoms. The second-order valence-electron chi connectivity index (χ2n) is 7.51. The number of fused-ring (bicyclic) bond motifs is 1. The van der Waals surface area contributed by atoms with Gasteiger partial charge in [0.1, 0.15) is 23.3 Å². The van der Waals surface area contributed by atoms with E-state index in [1.54, 1.807) is 0 Å². The van der Waals surface area contributed by atoms with Crippen molar-refractivity contribution in [3.05, 3.63) is 117 Å². The van der Waals surface area contributed by atoms with Crippen LogP contribution >= 0.6 is 0 Å². The average Bonchev–Trinajstić information content (AvgIpc) is 2.79. The summed E-state index contributed by atoms with van der Waals surface area (Å²) >= 11 is 0. The standard InChI is InChI=1S/C28H14F6O/c1-35-15-18-11-25(31)22(26(32)12-18)7-4-17-9-23(29)21(24(30)10-17)6-3-16-2-5-19-13-27(33)28(34)14-20(19)8-16/h2,5,8-14H,15H2,1H3. The van der Waals surface area contributed by atoms with Crippen LogP contribution in [0, 0.1) is 58.6 Å². The molecular weight excluding hydrogens is 466 g/mol. The van der Waals surface area contributed by atoms with Crippen LogP contribution in [0.3, 0.4) is 0 Å². The molecule has 0 saturated heterocycles. The third-order valence-corrected chi connectivity index (χ3v) is 5.00. The fourth-order valence-corrected chi connectivity index (χ4v) is 3.35. The van der Waals surface area contributed by atoms with E-state index in [1.165, 1.54) is 25.3 Å². The van der Waals surface area contributed by atoms with Crippen LogP contribution in [0.2, 0.25) is 0 Å². The molecule has 0 amide bonds. The number of methoxy groups -OCH3 is 1. The van der Waals surface area contributed by atoms with Gasteiger partial charge >= 0.3 is 0 Å². The van der Waals surface area contributed by atoms with Gasteiger partial charge in [-0.2, -0.15) is 0 Å². The zero-order valence-corrected chi connectivity index (χ0v) is 18.1. The van der Waals surface area contributed by atoms with Crippen molar-refractivity contribution in [2.24, 2.45) is 0 Å². The van der Waals surface area contributed by atoms with Crippen LogP contribution in [0.25, 0.3) is 10.8 Å². The van der Waals surface area contributed by atoms with Gasteiger partial charge in [-0.1, -0.05) is 29.7 Å². The number of rotatable bonds is 2. The van der Waals surface area contributed by atoms with Gasteiger partial charge in [0.15, 0.2) is 11.6 Å². The molecule has 0 unspecified atom stereocenters. The molecular formula is C28H14F6O. The Morgan fingerprint density at radius 1 is 0.543 bits per heavy atom. The Kier molecular flexibility index (Phi) is 6.82. The minimum Gasteiger partial charge on any atom is -0.380 e. The third kappa shape index (κ3) is 5.32. The summed E-state index contributed by atoms with van der Waals surface area (Å²) in [7, 11) is 1.38. The topological polar surface area (TPSA) is 9.23 Å². The van der Waals surface area contributed by atoms with Crippen molar-refractivity contribution in [1.29, 1.82) is 0 Å². The molecule has 0 aliphatic carbocycles. The molecule has 0 aromatic heterocycles. The first-order chi connectivity index (χ1) is 16.7. The second kappa shape index (κ2) is 9.97. The van der Waals surface area contributed by atoms with Crippen LogP contribution in [0.1, 0.15) is 27.8 Å². The summed E-state index contributed by atoms with van der Waals surface area (Å²) in [5.74, 6) is 3.66. The largest absolute Gasteiger partial charge is 0.380 e. The van der Waals surface area contributed by atoms with Crippen molar-refractivity contribution in [1.82, 2.24) is 0 Å². The van der Waals surface area contributed by atoms with Crippen molar-refractivity contribution in [3.8, 4) is 23.7 Å². The molecule has 174 valence electrons. The SMILES string of the molecule is COCc1cc(F)c(C#Cc2cc(F)c(C#Cc3ccc4cc(F)c(F)cc4c3)c(F)c2)c(F)c1. The Balaban J connectivity index is 1.63. The molecule has 0 saturated carbocycles. The molecule has 0 aliphatic heterocycles. The Morgan fingerprint density at radius 3 is 1.63 bits per heavy atom. The van der Waals surface area contributed by atoms with E-state index in [4.69, 9.17) is 4.74 Å². The predicted molar refractivity (Wildman–Crippen MR) is 119 cm³/mol. The van der Waals surface area contributed by atoms with Crippen LogP contribution in [-0.2, 0) is 11.3 Å². The Labute approximate surface area is 197 Å². The summed E-state index contributed by atoms with van der Waals surface area (Å²) in [6, 6.07) is 10.4. The second-order valence-corrected chi connectivity index (χ2v) is 7.51. The van der Waals surface area contributed by atoms with Crippen molar-refractivity contribution in [2.75, 3.05) is 7.11 Å². The van der Waals surface area contributed by atoms with Crippen LogP contribution in [0.5, 0.6) is 0 Å². The Bertz CT molecular complexity index is 1540. The highest BCUT2D eigenvalue weighted by molar-refractivity contribution is 5.84. The monoisotopic (exact) mass is 480 g/mol. The van der Waals surface area contributed by atoms with E-state index in [0.717, 1.165) is 36.4 Å². The maximum Gasteiger partial charge on any atom is 0.159 e. The van der Waals surface area contributed by atoms with E-state index >= 15 is 0 Å². The number of ether oxygens (including phenoxy) is 1. The number of halogens is 6. The van der Waals surface area contributed by atoms with Gasteiger partial charge in [0.2, 0.25) is 0 Å². The van der Waals surface area contributed by atoms with Gasteiger partial charge in [0, 0.05) is 18.2 Å². The number of benzene rings is 4. The molecule has 0 atom stereocenters. The lowest BCUT2D eigenvalue weighted by Crippen LogP contribution is -1.96. The van der Waals surface area contributed by atoms with Crippen LogP contribution < -0.4 is 0 Å². The van der Waals surface area contributed by atoms with Crippen molar-refractivity contribution in [3.63, 3.8) is 0 Å². The van der Waals surface area contributed by atoms with Gasteiger partial charge < -0.3 is 4.74 Å². The molecule has 4 aromatic carbocycles. The van der Waals surface area contributed by atoms with Gasteiger partial charge in [-0.05, 0) is 64.9 Å². The molecule has 4 aromatic rings. The van der Waals surface area contributed by atoms with Crippen molar-refractivity contribution < 1.29 is 31.1 Å². The van der Waals surface area contributed by atoms with Crippen molar-refractivity contribution >= 4 is 10.8 Å². The minimum atomic E-state index is -1.03. The quantitative estimate of drug-likeness (QED) is 0.232. The lowest BCUT2D eigenvalue weighted by molar-refractivity contribution is 0.184. The highest BCUT2D eigenvalue weighted by atomic mass is 19.2. The molecule has 0 fully saturated rings. The molecule has 35 heavy (non-hydrogen) atoms. The lowest BCUT2D eigenvalue weighted by Gasteiger charge is -2.03. The van der Waals surface area contributed by atoms with Gasteiger partial charge in [0.25, 0.3) is 0 Å². The van der Waals surface area contributed by atoms with Gasteiger partial charge in [-0.25, -0.2) is 26.3 Å². The Hall–Kier alpha value is -4.20. The molecule has 0 spiro atoms. The van der Waals surface area contributed by atoms with E-state index in [0.29, 0.717) is 16.3 Å². The van der Waals surface area contributed by atoms with Gasteiger partial charge in [-0.15, -0.1) is 0 Å². The van der Waals surface area contributed by atoms with Crippen molar-refractivity contribution in [2.45, 2.75) is 6.61 Å². The summed E-state index contributed by atoms with van der Waals surface area (Å²) < 4.78 is 89.0. The summed E-state index contributed by atoms with van der Waals surface area (Å²) in [6.07, 6.45) is 0. The molecule has 0 aliphatic rings. The first-order valence-corrected chi connectivity index (χ1v) is 10.1. The maximum absolute atomic E-state index is 14.5. The maximum atomic E-state index is 14.5. The molecule has 4 rings (SSSR count). The molecule has 0 radical (unpaired) electrons. The van der Waals surface area contributed by atoms with Gasteiger partial charge in [-0.3, -0.25) is 0 Å². The third-order valence-electron chi connectivity index (χ3n) is 5.00. The summed E-state index contributed by atoms with van der Waals surface area (Å²) in [4.78, 5) is 0. The number of hydrogen-bond acceptors (Lipinski definition) is 1. The van der Waals surface area contributed by atoms with Crippen LogP contribution in [0.15, 0.2) is 54.6 Å². The zero-order valence-electron chi connectivity index (χ0n) is 18.1. The molecule has 0 N–H and O–H groups in total. The van der Waals surface area contributed by atoms with E-state index in [1.807, 2.05) is 0 Å². The normalized spacial score (nSPS) is 10.5. The van der Waals surface area contributed by atoms with Gasteiger partial charge in [0.05, 0.1) is 17.7 Å². The van der Waals surface area contributed by atoms with E-state index < -0.39 is 46.0 Å². The highest BCUT2D eigenvalue weighted by Gasteiger charge is 2.11. The number of hydrogen-bond donors (Lipinski definition) is 0. The van der Waals surface area contributed by atoms with Crippen LogP contribution in [-0.4, -0.2) is 7.11 Å².